The quantitative estimate of drug-likeness (QED) is 0.519. The van der Waals surface area contributed by atoms with E-state index in [9.17, 15) is 4.79 Å². The second-order valence-corrected chi connectivity index (χ2v) is 2.26. The number of hydrogen-bond acceptors (Lipinski definition) is 2. The highest BCUT2D eigenvalue weighted by Crippen LogP contribution is 2.08. The first-order chi connectivity index (χ1) is 6.38. The summed E-state index contributed by atoms with van der Waals surface area (Å²) in [4.78, 5) is 10.9. The van der Waals surface area contributed by atoms with Crippen LogP contribution in [0.25, 0.3) is 0 Å². The molecular formula is C9H11NO. The van der Waals surface area contributed by atoms with Gasteiger partial charge >= 0.3 is 0 Å². The largest absolute Gasteiger partial charge is 0.388 e. The van der Waals surface area contributed by atoms with Crippen molar-refractivity contribution < 1.29 is 8.91 Å². The van der Waals surface area contributed by atoms with Crippen LogP contribution in [0.1, 0.15) is 21.4 Å². The van der Waals surface area contributed by atoms with E-state index in [-0.39, 0.29) is 5.78 Å². The SMILES string of the molecule is [2H][13C]([2H])([2H])Nc1ccc(C(C)=O)cc1. The second-order valence-electron chi connectivity index (χ2n) is 2.26. The molecule has 1 aromatic carbocycles. The first-order valence-electron chi connectivity index (χ1n) is 4.78. The molecule has 0 radical (unpaired) electrons. The van der Waals surface area contributed by atoms with Gasteiger partial charge in [0.25, 0.3) is 0 Å². The van der Waals surface area contributed by atoms with Crippen LogP contribution in [0.5, 0.6) is 0 Å². The fourth-order valence-corrected chi connectivity index (χ4v) is 0.788. The van der Waals surface area contributed by atoms with E-state index in [2.05, 4.69) is 5.32 Å². The van der Waals surface area contributed by atoms with Crippen molar-refractivity contribution in [3.8, 4) is 0 Å². The summed E-state index contributed by atoms with van der Waals surface area (Å²) >= 11 is 0. The fraction of sp³-hybridized carbons (Fsp3) is 0.222. The van der Waals surface area contributed by atoms with E-state index in [4.69, 9.17) is 4.11 Å². The standard InChI is InChI=1S/C9H11NO/c1-7(11)8-3-5-9(10-2)6-4-8/h3-6,10H,1-2H3/i2+1D3. The molecule has 58 valence electrons. The number of anilines is 1. The van der Waals surface area contributed by atoms with E-state index in [1.54, 1.807) is 24.3 Å². The summed E-state index contributed by atoms with van der Waals surface area (Å²) in [5, 5.41) is 2.34. The van der Waals surface area contributed by atoms with Crippen molar-refractivity contribution in [3.05, 3.63) is 29.8 Å². The van der Waals surface area contributed by atoms with Gasteiger partial charge in [0, 0.05) is 22.3 Å². The molecule has 0 aliphatic carbocycles. The average Bonchev–Trinajstić information content (AvgIpc) is 2.02. The topological polar surface area (TPSA) is 29.1 Å². The molecule has 0 aliphatic rings. The molecule has 1 aromatic rings. The molecule has 1 rings (SSSR count). The first kappa shape index (κ1) is 4.54. The Hall–Kier alpha value is -1.31. The van der Waals surface area contributed by atoms with Crippen molar-refractivity contribution in [2.24, 2.45) is 0 Å². The van der Waals surface area contributed by atoms with Gasteiger partial charge in [0.1, 0.15) is 0 Å². The lowest BCUT2D eigenvalue weighted by atomic mass is 10.1. The van der Waals surface area contributed by atoms with Crippen molar-refractivity contribution in [3.63, 3.8) is 0 Å². The van der Waals surface area contributed by atoms with Crippen molar-refractivity contribution in [2.45, 2.75) is 6.92 Å². The number of carbonyl (C=O) groups is 1. The lowest BCUT2D eigenvalue weighted by Gasteiger charge is -1.99. The minimum Gasteiger partial charge on any atom is -0.388 e. The van der Waals surface area contributed by atoms with Gasteiger partial charge in [0.15, 0.2) is 5.78 Å². The van der Waals surface area contributed by atoms with E-state index in [0.29, 0.717) is 11.3 Å². The van der Waals surface area contributed by atoms with Crippen molar-refractivity contribution in [2.75, 3.05) is 12.3 Å². The third kappa shape index (κ3) is 1.80. The Morgan fingerprint density at radius 2 is 2.09 bits per heavy atom. The van der Waals surface area contributed by atoms with E-state index in [0.717, 1.165) is 0 Å². The number of hydrogen-bond donors (Lipinski definition) is 1. The summed E-state index contributed by atoms with van der Waals surface area (Å²) in [6.45, 7) is -0.732. The van der Waals surface area contributed by atoms with Crippen LogP contribution in [0.3, 0.4) is 0 Å². The Labute approximate surface area is 70.5 Å². The molecule has 0 amide bonds. The van der Waals surface area contributed by atoms with Crippen LogP contribution in [0.2, 0.25) is 0 Å². The van der Waals surface area contributed by atoms with E-state index < -0.39 is 6.98 Å². The maximum Gasteiger partial charge on any atom is 0.159 e. The fourth-order valence-electron chi connectivity index (χ4n) is 0.788. The zero-order valence-corrected chi connectivity index (χ0v) is 6.22. The van der Waals surface area contributed by atoms with Crippen LogP contribution < -0.4 is 5.32 Å². The van der Waals surface area contributed by atoms with Gasteiger partial charge in [-0.25, -0.2) is 0 Å². The Bertz CT molecular complexity index is 329. The van der Waals surface area contributed by atoms with Crippen molar-refractivity contribution in [1.82, 2.24) is 0 Å². The monoisotopic (exact) mass is 153 g/mol. The van der Waals surface area contributed by atoms with Crippen LogP contribution in [0.15, 0.2) is 24.3 Å². The number of ketones is 1. The zero-order valence-electron chi connectivity index (χ0n) is 9.22. The molecule has 0 bridgehead atoms. The summed E-state index contributed by atoms with van der Waals surface area (Å²) in [7, 11) is 0. The van der Waals surface area contributed by atoms with Crippen LogP contribution in [0, 0.1) is 0 Å². The second kappa shape index (κ2) is 3.19. The molecule has 0 fully saturated rings. The normalized spacial score (nSPS) is 14.5. The molecule has 0 saturated heterocycles. The molecule has 0 unspecified atom stereocenters. The molecule has 1 N–H and O–H groups in total. The molecule has 0 spiro atoms. The zero-order chi connectivity index (χ0) is 10.8. The van der Waals surface area contributed by atoms with E-state index in [1.165, 1.54) is 6.92 Å². The van der Waals surface area contributed by atoms with E-state index >= 15 is 0 Å². The third-order valence-electron chi connectivity index (χ3n) is 1.44. The number of Topliss-reactive ketones (excluding diaryl/α,β-unsaturated/α-hetero) is 1. The first-order valence-corrected chi connectivity index (χ1v) is 3.28. The maximum absolute atomic E-state index is 10.9. The minimum atomic E-state index is -2.20. The summed E-state index contributed by atoms with van der Waals surface area (Å²) in [5.74, 6) is -0.0366. The molecule has 2 nitrogen and oxygen atoms in total. The van der Waals surface area contributed by atoms with Crippen molar-refractivity contribution in [1.29, 1.82) is 0 Å². The summed E-state index contributed by atoms with van der Waals surface area (Å²) in [5.41, 5.74) is 1.05. The minimum absolute atomic E-state index is 0.0366. The van der Waals surface area contributed by atoms with Gasteiger partial charge in [0.05, 0.1) is 0 Å². The van der Waals surface area contributed by atoms with Crippen LogP contribution >= 0.6 is 0 Å². The van der Waals surface area contributed by atoms with Crippen LogP contribution in [-0.4, -0.2) is 12.8 Å². The Morgan fingerprint density at radius 1 is 1.45 bits per heavy atom. The van der Waals surface area contributed by atoms with Gasteiger partial charge in [0.2, 0.25) is 0 Å². The lowest BCUT2D eigenvalue weighted by Crippen LogP contribution is -1.92. The third-order valence-corrected chi connectivity index (χ3v) is 1.44. The highest BCUT2D eigenvalue weighted by Gasteiger charge is 1.96. The van der Waals surface area contributed by atoms with Gasteiger partial charge in [-0.1, -0.05) is 0 Å². The molecule has 11 heavy (non-hydrogen) atoms. The maximum atomic E-state index is 10.9. The Kier molecular flexibility index (Phi) is 1.32. The van der Waals surface area contributed by atoms with Gasteiger partial charge in [-0.2, -0.15) is 0 Å². The van der Waals surface area contributed by atoms with Crippen LogP contribution in [0.4, 0.5) is 5.69 Å². The molecule has 0 aliphatic heterocycles. The van der Waals surface area contributed by atoms with Crippen molar-refractivity contribution >= 4 is 11.5 Å². The van der Waals surface area contributed by atoms with Gasteiger partial charge in [-0.15, -0.1) is 0 Å². The number of benzene rings is 1. The predicted octanol–water partition coefficient (Wildman–Crippen LogP) is 1.93. The lowest BCUT2D eigenvalue weighted by molar-refractivity contribution is 0.101. The van der Waals surface area contributed by atoms with Gasteiger partial charge < -0.3 is 5.32 Å². The molecule has 0 heterocycles. The molecule has 0 atom stereocenters. The summed E-state index contributed by atoms with van der Waals surface area (Å²) in [6, 6.07) is 6.33. The highest BCUT2D eigenvalue weighted by molar-refractivity contribution is 5.94. The average molecular weight is 153 g/mol. The van der Waals surface area contributed by atoms with Gasteiger partial charge in [-0.3, -0.25) is 4.79 Å². The molecule has 2 heteroatoms. The predicted molar refractivity (Wildman–Crippen MR) is 46.0 cm³/mol. The smallest absolute Gasteiger partial charge is 0.159 e. The number of nitrogens with one attached hydrogen (secondary N) is 1. The number of carbonyl (C=O) groups excluding carboxylic acids is 1. The highest BCUT2D eigenvalue weighted by atomic mass is 16.1. The molecule has 0 aromatic heterocycles. The molecule has 0 saturated carbocycles. The van der Waals surface area contributed by atoms with E-state index in [1.807, 2.05) is 0 Å². The van der Waals surface area contributed by atoms with Gasteiger partial charge in [-0.05, 0) is 31.2 Å². The summed E-state index contributed by atoms with van der Waals surface area (Å²) in [6.07, 6.45) is 0. The van der Waals surface area contributed by atoms with Crippen LogP contribution in [-0.2, 0) is 0 Å². The summed E-state index contributed by atoms with van der Waals surface area (Å²) < 4.78 is 20.9. The number of rotatable bonds is 2. The Morgan fingerprint density at radius 3 is 2.55 bits per heavy atom. The Balaban J connectivity index is 2.79. The molecular weight excluding hydrogens is 139 g/mol.